The molecule has 1 fully saturated rings. The molecule has 1 aliphatic carbocycles. The molecule has 0 heterocycles. The van der Waals surface area contributed by atoms with E-state index in [1.54, 1.807) is 6.07 Å². The Hall–Kier alpha value is -1.58. The first kappa shape index (κ1) is 13.8. The summed E-state index contributed by atoms with van der Waals surface area (Å²) in [7, 11) is 0. The largest absolute Gasteiger partial charge is 0.370 e. The summed E-state index contributed by atoms with van der Waals surface area (Å²) < 4.78 is 13.9. The second-order valence-electron chi connectivity index (χ2n) is 5.11. The van der Waals surface area contributed by atoms with Crippen molar-refractivity contribution in [3.05, 3.63) is 35.6 Å². The van der Waals surface area contributed by atoms with Gasteiger partial charge in [0.25, 0.3) is 0 Å². The van der Waals surface area contributed by atoms with E-state index < -0.39 is 0 Å². The first-order chi connectivity index (χ1) is 9.13. The van der Waals surface area contributed by atoms with E-state index >= 15 is 0 Å². The Bertz CT molecular complexity index is 462. The quantitative estimate of drug-likeness (QED) is 0.655. The summed E-state index contributed by atoms with van der Waals surface area (Å²) in [6.45, 7) is 6.37. The molecule has 0 spiro atoms. The van der Waals surface area contributed by atoms with Gasteiger partial charge in [-0.2, -0.15) is 0 Å². The highest BCUT2D eigenvalue weighted by Crippen LogP contribution is 2.49. The van der Waals surface area contributed by atoms with E-state index in [2.05, 4.69) is 18.8 Å². The van der Waals surface area contributed by atoms with E-state index in [1.807, 2.05) is 17.0 Å². The van der Waals surface area contributed by atoms with Gasteiger partial charge in [0.2, 0.25) is 0 Å². The molecule has 0 unspecified atom stereocenters. The van der Waals surface area contributed by atoms with Crippen molar-refractivity contribution in [1.82, 2.24) is 4.90 Å². The van der Waals surface area contributed by atoms with Crippen LogP contribution < -0.4 is 5.73 Å². The van der Waals surface area contributed by atoms with Crippen LogP contribution in [0.3, 0.4) is 0 Å². The minimum absolute atomic E-state index is 0.122. The van der Waals surface area contributed by atoms with Gasteiger partial charge in [-0.3, -0.25) is 4.99 Å². The fourth-order valence-electron chi connectivity index (χ4n) is 2.43. The Morgan fingerprint density at radius 2 is 1.95 bits per heavy atom. The first-order valence-electron chi connectivity index (χ1n) is 6.93. The van der Waals surface area contributed by atoms with Gasteiger partial charge in [-0.1, -0.05) is 18.2 Å². The molecular formula is C15H22FN3. The molecule has 2 N–H and O–H groups in total. The third-order valence-corrected chi connectivity index (χ3v) is 3.93. The van der Waals surface area contributed by atoms with Crippen LogP contribution >= 0.6 is 0 Å². The van der Waals surface area contributed by atoms with Gasteiger partial charge in [0, 0.05) is 18.5 Å². The summed E-state index contributed by atoms with van der Waals surface area (Å²) in [6.07, 6.45) is 1.98. The van der Waals surface area contributed by atoms with Crippen molar-refractivity contribution in [3.8, 4) is 0 Å². The Morgan fingerprint density at radius 1 is 1.32 bits per heavy atom. The van der Waals surface area contributed by atoms with Gasteiger partial charge in [-0.25, -0.2) is 4.39 Å². The molecule has 4 heteroatoms. The van der Waals surface area contributed by atoms with Crippen LogP contribution in [0, 0.1) is 5.82 Å². The first-order valence-corrected chi connectivity index (χ1v) is 6.93. The Balaban J connectivity index is 2.11. The normalized spacial score (nSPS) is 17.3. The maximum Gasteiger partial charge on any atom is 0.191 e. The van der Waals surface area contributed by atoms with Gasteiger partial charge in [-0.15, -0.1) is 0 Å². The highest BCUT2D eigenvalue weighted by molar-refractivity contribution is 5.78. The van der Waals surface area contributed by atoms with Crippen molar-refractivity contribution < 1.29 is 4.39 Å². The zero-order chi connectivity index (χ0) is 13.9. The van der Waals surface area contributed by atoms with E-state index in [1.165, 1.54) is 6.07 Å². The molecule has 0 radical (unpaired) electrons. The van der Waals surface area contributed by atoms with Gasteiger partial charge < -0.3 is 10.6 Å². The van der Waals surface area contributed by atoms with Gasteiger partial charge in [0.05, 0.1) is 6.54 Å². The smallest absolute Gasteiger partial charge is 0.191 e. The van der Waals surface area contributed by atoms with Crippen LogP contribution in [0.15, 0.2) is 29.3 Å². The molecule has 0 saturated heterocycles. The lowest BCUT2D eigenvalue weighted by molar-refractivity contribution is 0.456. The van der Waals surface area contributed by atoms with E-state index in [-0.39, 0.29) is 11.2 Å². The summed E-state index contributed by atoms with van der Waals surface area (Å²) in [5, 5.41) is 0. The summed E-state index contributed by atoms with van der Waals surface area (Å²) in [5.74, 6) is 0.434. The number of aliphatic imine (C=N–C) groups is 1. The molecule has 19 heavy (non-hydrogen) atoms. The van der Waals surface area contributed by atoms with Crippen LogP contribution in [-0.2, 0) is 5.41 Å². The predicted molar refractivity (Wildman–Crippen MR) is 76.7 cm³/mol. The molecule has 3 nitrogen and oxygen atoms in total. The van der Waals surface area contributed by atoms with Crippen molar-refractivity contribution in [3.63, 3.8) is 0 Å². The van der Waals surface area contributed by atoms with Gasteiger partial charge in [0.1, 0.15) is 5.82 Å². The van der Waals surface area contributed by atoms with Crippen molar-refractivity contribution in [1.29, 1.82) is 0 Å². The number of rotatable bonds is 5. The van der Waals surface area contributed by atoms with Gasteiger partial charge >= 0.3 is 0 Å². The summed E-state index contributed by atoms with van der Waals surface area (Å²) in [6, 6.07) is 7.00. The molecule has 0 aromatic heterocycles. The second kappa shape index (κ2) is 5.59. The van der Waals surface area contributed by atoms with E-state index in [0.717, 1.165) is 31.5 Å². The van der Waals surface area contributed by atoms with Gasteiger partial charge in [-0.05, 0) is 38.3 Å². The number of nitrogens with two attached hydrogens (primary N) is 1. The number of guanidine groups is 1. The van der Waals surface area contributed by atoms with Crippen LogP contribution in [0.1, 0.15) is 32.3 Å². The molecule has 0 aliphatic heterocycles. The maximum absolute atomic E-state index is 13.9. The average molecular weight is 263 g/mol. The molecular weight excluding hydrogens is 241 g/mol. The van der Waals surface area contributed by atoms with Crippen LogP contribution in [0.25, 0.3) is 0 Å². The highest BCUT2D eigenvalue weighted by atomic mass is 19.1. The molecule has 0 amide bonds. The lowest BCUT2D eigenvalue weighted by atomic mass is 9.95. The third-order valence-electron chi connectivity index (χ3n) is 3.93. The summed E-state index contributed by atoms with van der Waals surface area (Å²) in [5.41, 5.74) is 6.63. The molecule has 0 atom stereocenters. The van der Waals surface area contributed by atoms with E-state index in [4.69, 9.17) is 5.73 Å². The monoisotopic (exact) mass is 263 g/mol. The summed E-state index contributed by atoms with van der Waals surface area (Å²) in [4.78, 5) is 6.48. The number of nitrogens with zero attached hydrogens (tertiary/aromatic N) is 2. The van der Waals surface area contributed by atoms with Crippen molar-refractivity contribution in [2.75, 3.05) is 19.6 Å². The zero-order valence-electron chi connectivity index (χ0n) is 11.7. The van der Waals surface area contributed by atoms with Crippen molar-refractivity contribution in [2.45, 2.75) is 32.1 Å². The molecule has 1 aliphatic rings. The molecule has 1 aromatic carbocycles. The Labute approximate surface area is 114 Å². The molecule has 1 aromatic rings. The Morgan fingerprint density at radius 3 is 2.47 bits per heavy atom. The lowest BCUT2D eigenvalue weighted by Crippen LogP contribution is -2.37. The molecule has 104 valence electrons. The van der Waals surface area contributed by atoms with Crippen LogP contribution in [0.4, 0.5) is 4.39 Å². The second-order valence-corrected chi connectivity index (χ2v) is 5.11. The predicted octanol–water partition coefficient (Wildman–Crippen LogP) is 2.51. The van der Waals surface area contributed by atoms with Crippen LogP contribution in [0.5, 0.6) is 0 Å². The average Bonchev–Trinajstić information content (AvgIpc) is 3.19. The van der Waals surface area contributed by atoms with Gasteiger partial charge in [0.15, 0.2) is 5.96 Å². The molecule has 0 bridgehead atoms. The highest BCUT2D eigenvalue weighted by Gasteiger charge is 2.45. The fraction of sp³-hybridized carbons (Fsp3) is 0.533. The zero-order valence-corrected chi connectivity index (χ0v) is 11.7. The fourth-order valence-corrected chi connectivity index (χ4v) is 2.43. The van der Waals surface area contributed by atoms with Crippen molar-refractivity contribution in [2.24, 2.45) is 10.7 Å². The Kier molecular flexibility index (Phi) is 4.08. The maximum atomic E-state index is 13.9. The third kappa shape index (κ3) is 2.88. The molecule has 1 saturated carbocycles. The number of hydrogen-bond acceptors (Lipinski definition) is 1. The number of halogens is 1. The number of benzene rings is 1. The van der Waals surface area contributed by atoms with E-state index in [9.17, 15) is 4.39 Å². The minimum Gasteiger partial charge on any atom is -0.370 e. The topological polar surface area (TPSA) is 41.6 Å². The van der Waals surface area contributed by atoms with Crippen LogP contribution in [-0.4, -0.2) is 30.5 Å². The lowest BCUT2D eigenvalue weighted by Gasteiger charge is -2.21. The number of hydrogen-bond donors (Lipinski definition) is 1. The van der Waals surface area contributed by atoms with Crippen molar-refractivity contribution >= 4 is 5.96 Å². The van der Waals surface area contributed by atoms with Crippen LogP contribution in [0.2, 0.25) is 0 Å². The molecule has 2 rings (SSSR count). The SMILES string of the molecule is CCN(CC)C(N)=NCC1(c2ccccc2F)CC1. The standard InChI is InChI=1S/C15H22FN3/c1-3-19(4-2)14(17)18-11-15(9-10-15)12-7-5-6-8-13(12)16/h5-8H,3-4,9-11H2,1-2H3,(H2,17,18). The minimum atomic E-state index is -0.128. The summed E-state index contributed by atoms with van der Waals surface area (Å²) >= 11 is 0. The van der Waals surface area contributed by atoms with E-state index in [0.29, 0.717) is 12.5 Å².